The van der Waals surface area contributed by atoms with Crippen LogP contribution in [-0.4, -0.2) is 0 Å². The second-order valence-corrected chi connectivity index (χ2v) is 0. The van der Waals surface area contributed by atoms with Crippen LogP contribution < -0.4 is 80.9 Å². The van der Waals surface area contributed by atoms with Gasteiger partial charge in [-0.15, -0.1) is 0 Å². The van der Waals surface area contributed by atoms with Crippen LogP contribution in [0.3, 0.4) is 0 Å². The zero-order chi connectivity index (χ0) is 4.00. The maximum atomic E-state index is 6.25. The third kappa shape index (κ3) is 45.8. The van der Waals surface area contributed by atoms with Gasteiger partial charge >= 0.3 is 80.9 Å². The van der Waals surface area contributed by atoms with Gasteiger partial charge in [0, 0.05) is 0 Å². The van der Waals surface area contributed by atoms with E-state index in [1.807, 2.05) is 0 Å². The molecular formula is C2KN2Na. The van der Waals surface area contributed by atoms with Crippen molar-refractivity contribution in [3.8, 4) is 0 Å². The van der Waals surface area contributed by atoms with E-state index in [1.165, 1.54) is 0 Å². The molecule has 0 atom stereocenters. The van der Waals surface area contributed by atoms with Gasteiger partial charge in [-0.2, -0.15) is 0 Å². The Balaban J connectivity index is -0.00000000500. The van der Waals surface area contributed by atoms with Gasteiger partial charge in [0.1, 0.15) is 0 Å². The summed E-state index contributed by atoms with van der Waals surface area (Å²) in [5, 5.41) is 12.5. The Morgan fingerprint density at radius 1 is 0.833 bits per heavy atom. The summed E-state index contributed by atoms with van der Waals surface area (Å²) in [5.74, 6) is 0. The molecule has 0 radical (unpaired) electrons. The van der Waals surface area contributed by atoms with E-state index in [2.05, 4.69) is 0 Å². The Hall–Kier alpha value is 1.62. The monoisotopic (exact) mass is 114 g/mol. The van der Waals surface area contributed by atoms with Gasteiger partial charge in [-0.3, -0.25) is 0 Å². The van der Waals surface area contributed by atoms with E-state index < -0.39 is 0 Å². The van der Waals surface area contributed by atoms with Crippen molar-refractivity contribution in [3.63, 3.8) is 0 Å². The van der Waals surface area contributed by atoms with E-state index >= 15 is 0 Å². The molecule has 0 N–H and O–H groups in total. The molecule has 0 unspecified atom stereocenters. The van der Waals surface area contributed by atoms with Gasteiger partial charge in [-0.25, -0.2) is 0 Å². The molecule has 0 spiro atoms. The van der Waals surface area contributed by atoms with Crippen molar-refractivity contribution in [1.82, 2.24) is 0 Å². The maximum absolute atomic E-state index is 6.25. The molecule has 0 amide bonds. The van der Waals surface area contributed by atoms with Gasteiger partial charge in [-0.05, 0) is 0 Å². The molecule has 0 aliphatic carbocycles. The average Bonchev–Trinajstić information content (AvgIpc) is 1.50. The SMILES string of the molecule is [C-]#N.[C-]#N.[K+].[Na+]. The van der Waals surface area contributed by atoms with Gasteiger partial charge in [-0.1, -0.05) is 0 Å². The third-order valence-corrected chi connectivity index (χ3v) is 0. The van der Waals surface area contributed by atoms with Crippen LogP contribution in [0, 0.1) is 23.7 Å². The van der Waals surface area contributed by atoms with Crippen molar-refractivity contribution >= 4 is 0 Å². The Bertz CT molecular complexity index is 27.0. The molecule has 0 saturated carbocycles. The van der Waals surface area contributed by atoms with Crippen molar-refractivity contribution in [2.75, 3.05) is 0 Å². The summed E-state index contributed by atoms with van der Waals surface area (Å²) in [6.45, 7) is 9.50. The van der Waals surface area contributed by atoms with Gasteiger partial charge in [0.05, 0.1) is 0 Å². The summed E-state index contributed by atoms with van der Waals surface area (Å²) in [4.78, 5) is 0. The molecule has 0 rings (SSSR count). The van der Waals surface area contributed by atoms with E-state index in [0.717, 1.165) is 0 Å². The Morgan fingerprint density at radius 3 is 0.833 bits per heavy atom. The minimum absolute atomic E-state index is 0. The van der Waals surface area contributed by atoms with Crippen LogP contribution in [0.2, 0.25) is 0 Å². The molecule has 0 fully saturated rings. The summed E-state index contributed by atoms with van der Waals surface area (Å²) < 4.78 is 0. The minimum atomic E-state index is 0. The molecule has 20 valence electrons. The quantitative estimate of drug-likeness (QED) is 0.233. The first-order chi connectivity index (χ1) is 2.00. The first-order valence-corrected chi connectivity index (χ1v) is 0.447. The van der Waals surface area contributed by atoms with E-state index in [4.69, 9.17) is 23.7 Å². The fraction of sp³-hybridized carbons (Fsp3) is 0. The second-order valence-electron chi connectivity index (χ2n) is 0. The Labute approximate surface area is 102 Å². The largest absolute Gasteiger partial charge is 1.00 e. The molecule has 0 heterocycles. The molecule has 0 aliphatic rings. The molecule has 0 saturated heterocycles. The van der Waals surface area contributed by atoms with Gasteiger partial charge in [0.2, 0.25) is 0 Å². The molecule has 4 heteroatoms. The fourth-order valence-electron chi connectivity index (χ4n) is 0. The van der Waals surface area contributed by atoms with Gasteiger partial charge in [0.15, 0.2) is 0 Å². The summed E-state index contributed by atoms with van der Waals surface area (Å²) in [7, 11) is 0. The van der Waals surface area contributed by atoms with Crippen molar-refractivity contribution in [2.45, 2.75) is 0 Å². The Morgan fingerprint density at radius 2 is 0.833 bits per heavy atom. The normalized spacial score (nSPS) is 0.667. The molecule has 0 aromatic rings. The smallest absolute Gasteiger partial charge is 0.512 e. The predicted octanol–water partition coefficient (Wildman–Crippen LogP) is -5.80. The van der Waals surface area contributed by atoms with E-state index in [1.54, 1.807) is 0 Å². The van der Waals surface area contributed by atoms with Crippen LogP contribution in [0.15, 0.2) is 0 Å². The Kier molecular flexibility index (Phi) is 339. The molecule has 0 aromatic heterocycles. The first kappa shape index (κ1) is 25.5. The maximum Gasteiger partial charge on any atom is 1.00 e. The number of hydrogen-bond donors (Lipinski definition) is 0. The van der Waals surface area contributed by atoms with E-state index in [9.17, 15) is 0 Å². The molecular weight excluding hydrogens is 114 g/mol. The zero-order valence-electron chi connectivity index (χ0n) is 3.89. The van der Waals surface area contributed by atoms with Crippen molar-refractivity contribution in [1.29, 1.82) is 10.5 Å². The topological polar surface area (TPSA) is 47.6 Å². The summed E-state index contributed by atoms with van der Waals surface area (Å²) >= 11 is 0. The number of nitrogens with zero attached hydrogens (tertiary/aromatic N) is 2. The molecule has 2 nitrogen and oxygen atoms in total. The number of rotatable bonds is 0. The van der Waals surface area contributed by atoms with Crippen LogP contribution in [-0.2, 0) is 0 Å². The van der Waals surface area contributed by atoms with Crippen LogP contribution in [0.25, 0.3) is 0 Å². The van der Waals surface area contributed by atoms with Crippen LogP contribution in [0.1, 0.15) is 0 Å². The summed E-state index contributed by atoms with van der Waals surface area (Å²) in [6.07, 6.45) is 0. The third-order valence-electron chi connectivity index (χ3n) is 0. The summed E-state index contributed by atoms with van der Waals surface area (Å²) in [6, 6.07) is 0. The summed E-state index contributed by atoms with van der Waals surface area (Å²) in [5.41, 5.74) is 0. The first-order valence-electron chi connectivity index (χ1n) is 0.447. The van der Waals surface area contributed by atoms with E-state index in [-0.39, 0.29) is 80.9 Å². The number of hydrogen-bond acceptors (Lipinski definition) is 2. The van der Waals surface area contributed by atoms with Crippen molar-refractivity contribution < 1.29 is 80.9 Å². The fourth-order valence-corrected chi connectivity index (χ4v) is 0. The van der Waals surface area contributed by atoms with Gasteiger partial charge < -0.3 is 23.7 Å². The second kappa shape index (κ2) is 79.9. The average molecular weight is 114 g/mol. The standard InChI is InChI=1S/2CN.K.Na/c2*1-2;;/q2*-1;2*+1. The zero-order valence-corrected chi connectivity index (χ0v) is 9.02. The van der Waals surface area contributed by atoms with Crippen LogP contribution >= 0.6 is 0 Å². The minimum Gasteiger partial charge on any atom is -0.512 e. The van der Waals surface area contributed by atoms with Crippen molar-refractivity contribution in [3.05, 3.63) is 13.1 Å². The van der Waals surface area contributed by atoms with Crippen molar-refractivity contribution in [2.24, 2.45) is 0 Å². The molecule has 0 aliphatic heterocycles. The predicted molar refractivity (Wildman–Crippen MR) is 9.94 cm³/mol. The van der Waals surface area contributed by atoms with Gasteiger partial charge in [0.25, 0.3) is 0 Å². The van der Waals surface area contributed by atoms with Crippen LogP contribution in [0.5, 0.6) is 0 Å². The molecule has 6 heavy (non-hydrogen) atoms. The van der Waals surface area contributed by atoms with E-state index in [0.29, 0.717) is 0 Å². The molecule has 0 aromatic carbocycles. The molecule has 0 bridgehead atoms. The van der Waals surface area contributed by atoms with Crippen LogP contribution in [0.4, 0.5) is 0 Å².